The first-order valence-corrected chi connectivity index (χ1v) is 8.11. The molecule has 2 rings (SSSR count). The van der Waals surface area contributed by atoms with Gasteiger partial charge < -0.3 is 0 Å². The lowest BCUT2D eigenvalue weighted by atomic mass is 10.3. The van der Waals surface area contributed by atoms with Gasteiger partial charge in [-0.15, -0.1) is 0 Å². The highest BCUT2D eigenvalue weighted by Gasteiger charge is 2.22. The van der Waals surface area contributed by atoms with Crippen molar-refractivity contribution in [3.8, 4) is 0 Å². The van der Waals surface area contributed by atoms with Gasteiger partial charge in [0.15, 0.2) is 0 Å². The molecule has 0 atom stereocenters. The molecule has 8 nitrogen and oxygen atoms in total. The monoisotopic (exact) mass is 344 g/mol. The number of halogens is 1. The lowest BCUT2D eigenvalue weighted by Gasteiger charge is -2.08. The molecule has 0 fully saturated rings. The van der Waals surface area contributed by atoms with Crippen LogP contribution < -0.4 is 4.72 Å². The van der Waals surface area contributed by atoms with E-state index in [4.69, 9.17) is 11.6 Å². The van der Waals surface area contributed by atoms with Gasteiger partial charge in [0.1, 0.15) is 9.92 Å². The van der Waals surface area contributed by atoms with Crippen LogP contribution in [0.25, 0.3) is 0 Å². The Balaban J connectivity index is 2.39. The van der Waals surface area contributed by atoms with E-state index in [1.807, 2.05) is 6.92 Å². The van der Waals surface area contributed by atoms with Crippen molar-refractivity contribution in [1.82, 2.24) is 9.78 Å². The maximum absolute atomic E-state index is 12.4. The normalized spacial score (nSPS) is 11.4. The van der Waals surface area contributed by atoms with Gasteiger partial charge in [0.25, 0.3) is 15.7 Å². The zero-order valence-electron chi connectivity index (χ0n) is 11.8. The van der Waals surface area contributed by atoms with Crippen LogP contribution in [0.15, 0.2) is 29.3 Å². The van der Waals surface area contributed by atoms with Gasteiger partial charge in [-0.1, -0.05) is 11.6 Å². The summed E-state index contributed by atoms with van der Waals surface area (Å²) in [6.45, 7) is 4.01. The standard InChI is InChI=1S/C12H13ClN4O4S/c1-3-16-8(2)12(7-14-16)22(20,21)15-9-4-5-10(13)11(6-9)17(18)19/h4-7,15H,3H2,1-2H3. The highest BCUT2D eigenvalue weighted by Crippen LogP contribution is 2.28. The van der Waals surface area contributed by atoms with Gasteiger partial charge in [-0.05, 0) is 26.0 Å². The van der Waals surface area contributed by atoms with E-state index in [2.05, 4.69) is 9.82 Å². The fourth-order valence-electron chi connectivity index (χ4n) is 1.94. The summed E-state index contributed by atoms with van der Waals surface area (Å²) in [5.41, 5.74) is 0.168. The molecule has 10 heteroatoms. The average Bonchev–Trinajstić information content (AvgIpc) is 2.82. The molecule has 1 N–H and O–H groups in total. The number of hydrogen-bond donors (Lipinski definition) is 1. The summed E-state index contributed by atoms with van der Waals surface area (Å²) >= 11 is 5.69. The molecular weight excluding hydrogens is 332 g/mol. The van der Waals surface area contributed by atoms with Crippen LogP contribution >= 0.6 is 11.6 Å². The van der Waals surface area contributed by atoms with E-state index in [1.54, 1.807) is 11.6 Å². The van der Waals surface area contributed by atoms with Crippen LogP contribution in [0.5, 0.6) is 0 Å². The molecule has 0 bridgehead atoms. The molecule has 0 saturated heterocycles. The molecular formula is C12H13ClN4O4S. The summed E-state index contributed by atoms with van der Waals surface area (Å²) < 4.78 is 28.5. The molecule has 0 unspecified atom stereocenters. The van der Waals surface area contributed by atoms with E-state index >= 15 is 0 Å². The number of nitrogens with zero attached hydrogens (tertiary/aromatic N) is 3. The number of sulfonamides is 1. The van der Waals surface area contributed by atoms with Crippen molar-refractivity contribution in [2.24, 2.45) is 0 Å². The van der Waals surface area contributed by atoms with Gasteiger partial charge in [0.2, 0.25) is 0 Å². The Bertz CT molecular complexity index is 832. The van der Waals surface area contributed by atoms with Crippen molar-refractivity contribution in [2.45, 2.75) is 25.3 Å². The number of hydrogen-bond acceptors (Lipinski definition) is 5. The number of rotatable bonds is 5. The molecule has 22 heavy (non-hydrogen) atoms. The molecule has 1 aromatic carbocycles. The smallest absolute Gasteiger partial charge is 0.279 e. The summed E-state index contributed by atoms with van der Waals surface area (Å²) in [6, 6.07) is 3.69. The Kier molecular flexibility index (Phi) is 4.38. The molecule has 0 spiro atoms. The van der Waals surface area contributed by atoms with Crippen molar-refractivity contribution in [3.05, 3.63) is 45.2 Å². The maximum atomic E-state index is 12.4. The summed E-state index contributed by atoms with van der Waals surface area (Å²) in [4.78, 5) is 10.2. The minimum atomic E-state index is -3.89. The van der Waals surface area contributed by atoms with Gasteiger partial charge in [-0.25, -0.2) is 8.42 Å². The molecule has 0 aliphatic rings. The molecule has 0 amide bonds. The second-order valence-corrected chi connectivity index (χ2v) is 6.50. The molecule has 118 valence electrons. The number of benzene rings is 1. The third-order valence-corrected chi connectivity index (χ3v) is 4.85. The Morgan fingerprint density at radius 1 is 1.45 bits per heavy atom. The van der Waals surface area contributed by atoms with Crippen LogP contribution in [0.4, 0.5) is 11.4 Å². The molecule has 1 aromatic heterocycles. The first-order chi connectivity index (χ1) is 10.3. The number of aryl methyl sites for hydroxylation is 1. The number of aromatic nitrogens is 2. The van der Waals surface area contributed by atoms with Gasteiger partial charge in [-0.2, -0.15) is 5.10 Å². The predicted molar refractivity (Wildman–Crippen MR) is 81.6 cm³/mol. The maximum Gasteiger partial charge on any atom is 0.289 e. The van der Waals surface area contributed by atoms with E-state index in [0.29, 0.717) is 12.2 Å². The van der Waals surface area contributed by atoms with Crippen molar-refractivity contribution in [2.75, 3.05) is 4.72 Å². The van der Waals surface area contributed by atoms with E-state index in [9.17, 15) is 18.5 Å². The zero-order chi connectivity index (χ0) is 16.5. The van der Waals surface area contributed by atoms with E-state index in [-0.39, 0.29) is 21.3 Å². The highest BCUT2D eigenvalue weighted by molar-refractivity contribution is 7.92. The summed E-state index contributed by atoms with van der Waals surface area (Å²) in [5.74, 6) is 0. The molecule has 0 aliphatic carbocycles. The number of nitro benzene ring substituents is 1. The van der Waals surface area contributed by atoms with Crippen molar-refractivity contribution >= 4 is 33.0 Å². The Morgan fingerprint density at radius 3 is 2.68 bits per heavy atom. The highest BCUT2D eigenvalue weighted by atomic mass is 35.5. The first kappa shape index (κ1) is 16.2. The molecule has 0 aliphatic heterocycles. The van der Waals surface area contributed by atoms with Crippen LogP contribution in [0, 0.1) is 17.0 Å². The zero-order valence-corrected chi connectivity index (χ0v) is 13.3. The van der Waals surface area contributed by atoms with E-state index < -0.39 is 14.9 Å². The van der Waals surface area contributed by atoms with Gasteiger partial charge >= 0.3 is 0 Å². The third kappa shape index (κ3) is 3.04. The van der Waals surface area contributed by atoms with E-state index in [0.717, 1.165) is 6.07 Å². The molecule has 2 aromatic rings. The molecule has 0 radical (unpaired) electrons. The Labute approximate surface area is 131 Å². The van der Waals surface area contributed by atoms with Crippen LogP contribution in [0.3, 0.4) is 0 Å². The van der Waals surface area contributed by atoms with Crippen LogP contribution in [-0.2, 0) is 16.6 Å². The minimum absolute atomic E-state index is 0.0203. The van der Waals surface area contributed by atoms with Gasteiger partial charge in [0, 0.05) is 12.6 Å². The number of nitro groups is 1. The van der Waals surface area contributed by atoms with Crippen LogP contribution in [0.1, 0.15) is 12.6 Å². The topological polar surface area (TPSA) is 107 Å². The summed E-state index contributed by atoms with van der Waals surface area (Å²) in [7, 11) is -3.89. The molecule has 1 heterocycles. The molecule has 0 saturated carbocycles. The van der Waals surface area contributed by atoms with Crippen molar-refractivity contribution in [1.29, 1.82) is 0 Å². The first-order valence-electron chi connectivity index (χ1n) is 6.25. The number of nitrogens with one attached hydrogen (secondary N) is 1. The van der Waals surface area contributed by atoms with Crippen molar-refractivity contribution in [3.63, 3.8) is 0 Å². The second-order valence-electron chi connectivity index (χ2n) is 4.44. The number of anilines is 1. The SMILES string of the molecule is CCn1ncc(S(=O)(=O)Nc2ccc(Cl)c([N+](=O)[O-])c2)c1C. The van der Waals surface area contributed by atoms with Gasteiger partial charge in [0.05, 0.1) is 22.5 Å². The summed E-state index contributed by atoms with van der Waals surface area (Å²) in [5, 5.41) is 14.7. The Hall–Kier alpha value is -2.13. The van der Waals surface area contributed by atoms with Crippen molar-refractivity contribution < 1.29 is 13.3 Å². The average molecular weight is 345 g/mol. The lowest BCUT2D eigenvalue weighted by Crippen LogP contribution is -2.14. The van der Waals surface area contributed by atoms with Crippen LogP contribution in [-0.4, -0.2) is 23.1 Å². The lowest BCUT2D eigenvalue weighted by molar-refractivity contribution is -0.384. The van der Waals surface area contributed by atoms with E-state index in [1.165, 1.54) is 18.3 Å². The quantitative estimate of drug-likeness (QED) is 0.662. The fraction of sp³-hybridized carbons (Fsp3) is 0.250. The second kappa shape index (κ2) is 5.93. The van der Waals surface area contributed by atoms with Crippen LogP contribution in [0.2, 0.25) is 5.02 Å². The largest absolute Gasteiger partial charge is 0.289 e. The Morgan fingerprint density at radius 2 is 2.14 bits per heavy atom. The third-order valence-electron chi connectivity index (χ3n) is 3.04. The predicted octanol–water partition coefficient (Wildman–Crippen LogP) is 2.57. The minimum Gasteiger partial charge on any atom is -0.279 e. The summed E-state index contributed by atoms with van der Waals surface area (Å²) in [6.07, 6.45) is 1.24. The fourth-order valence-corrected chi connectivity index (χ4v) is 3.35. The van der Waals surface area contributed by atoms with Gasteiger partial charge in [-0.3, -0.25) is 19.5 Å².